The first kappa shape index (κ1) is 12.5. The van der Waals surface area contributed by atoms with Crippen LogP contribution in [0.15, 0.2) is 17.3 Å². The minimum absolute atomic E-state index is 0.159. The lowest BCUT2D eigenvalue weighted by Gasteiger charge is -2.13. The lowest BCUT2D eigenvalue weighted by Crippen LogP contribution is -2.45. The molecule has 7 nitrogen and oxygen atoms in total. The molecular formula is C9H17N5O2S. The van der Waals surface area contributed by atoms with Crippen LogP contribution >= 0.6 is 0 Å². The SMILES string of the molecule is CN1CC[C@@H](NNS(=O)(=O)c2cnn(C)c2)C1. The number of nitrogens with zero attached hydrogens (tertiary/aromatic N) is 3. The zero-order valence-corrected chi connectivity index (χ0v) is 10.7. The van der Waals surface area contributed by atoms with E-state index < -0.39 is 10.0 Å². The van der Waals surface area contributed by atoms with E-state index in [1.165, 1.54) is 17.1 Å². The molecule has 96 valence electrons. The van der Waals surface area contributed by atoms with Gasteiger partial charge in [-0.1, -0.05) is 0 Å². The van der Waals surface area contributed by atoms with Crippen LogP contribution in [0.4, 0.5) is 0 Å². The summed E-state index contributed by atoms with van der Waals surface area (Å²) < 4.78 is 25.1. The molecule has 0 aromatic carbocycles. The van der Waals surface area contributed by atoms with Crippen LogP contribution in [0.5, 0.6) is 0 Å². The van der Waals surface area contributed by atoms with Crippen LogP contribution in [0.25, 0.3) is 0 Å². The van der Waals surface area contributed by atoms with Crippen LogP contribution in [0.1, 0.15) is 6.42 Å². The molecular weight excluding hydrogens is 242 g/mol. The smallest absolute Gasteiger partial charge is 0.256 e. The number of sulfonamides is 1. The van der Waals surface area contributed by atoms with E-state index >= 15 is 0 Å². The van der Waals surface area contributed by atoms with Crippen LogP contribution in [0.2, 0.25) is 0 Å². The molecule has 0 spiro atoms. The Labute approximate surface area is 101 Å². The molecule has 1 aromatic rings. The fourth-order valence-corrected chi connectivity index (χ4v) is 2.73. The summed E-state index contributed by atoms with van der Waals surface area (Å²) in [6, 6.07) is 0.159. The van der Waals surface area contributed by atoms with Crippen molar-refractivity contribution in [2.24, 2.45) is 7.05 Å². The predicted octanol–water partition coefficient (Wildman–Crippen LogP) is -1.09. The third-order valence-corrected chi connectivity index (χ3v) is 4.00. The highest BCUT2D eigenvalue weighted by Gasteiger charge is 2.22. The van der Waals surface area contributed by atoms with Gasteiger partial charge in [-0.3, -0.25) is 4.68 Å². The van der Waals surface area contributed by atoms with Crippen molar-refractivity contribution in [1.82, 2.24) is 24.9 Å². The van der Waals surface area contributed by atoms with Gasteiger partial charge in [-0.2, -0.15) is 5.10 Å². The Bertz CT molecular complexity index is 483. The number of likely N-dealkylation sites (tertiary alicyclic amines) is 1. The third kappa shape index (κ3) is 3.03. The molecule has 2 heterocycles. The average molecular weight is 259 g/mol. The molecule has 8 heteroatoms. The van der Waals surface area contributed by atoms with E-state index in [-0.39, 0.29) is 10.9 Å². The molecule has 2 rings (SSSR count). The molecule has 1 aliphatic rings. The fraction of sp³-hybridized carbons (Fsp3) is 0.667. The van der Waals surface area contributed by atoms with E-state index in [0.29, 0.717) is 0 Å². The lowest BCUT2D eigenvalue weighted by molar-refractivity contribution is 0.393. The average Bonchev–Trinajstić information content (AvgIpc) is 2.85. The Morgan fingerprint density at radius 2 is 2.24 bits per heavy atom. The van der Waals surface area contributed by atoms with E-state index in [9.17, 15) is 8.42 Å². The molecule has 0 saturated carbocycles. The monoisotopic (exact) mass is 259 g/mol. The molecule has 1 atom stereocenters. The number of hydrazine groups is 1. The lowest BCUT2D eigenvalue weighted by atomic mass is 10.3. The molecule has 0 unspecified atom stereocenters. The summed E-state index contributed by atoms with van der Waals surface area (Å²) in [4.78, 5) is 4.71. The van der Waals surface area contributed by atoms with Crippen molar-refractivity contribution in [2.45, 2.75) is 17.4 Å². The van der Waals surface area contributed by atoms with Crippen LogP contribution in [-0.4, -0.2) is 49.3 Å². The van der Waals surface area contributed by atoms with Gasteiger partial charge in [0.05, 0.1) is 6.20 Å². The number of hydrogen-bond donors (Lipinski definition) is 2. The quantitative estimate of drug-likeness (QED) is 0.672. The van der Waals surface area contributed by atoms with Gasteiger partial charge in [-0.05, 0) is 20.0 Å². The molecule has 0 radical (unpaired) electrons. The first-order valence-corrected chi connectivity index (χ1v) is 6.90. The highest BCUT2D eigenvalue weighted by atomic mass is 32.2. The molecule has 1 saturated heterocycles. The summed E-state index contributed by atoms with van der Waals surface area (Å²) in [5.74, 6) is 0. The van der Waals surface area contributed by atoms with Gasteiger partial charge in [0.1, 0.15) is 4.90 Å². The fourth-order valence-electron chi connectivity index (χ4n) is 1.81. The van der Waals surface area contributed by atoms with Gasteiger partial charge in [-0.25, -0.2) is 13.8 Å². The highest BCUT2D eigenvalue weighted by molar-refractivity contribution is 7.89. The number of rotatable bonds is 4. The Hall–Kier alpha value is -0.960. The Kier molecular flexibility index (Phi) is 3.48. The predicted molar refractivity (Wildman–Crippen MR) is 62.6 cm³/mol. The molecule has 0 amide bonds. The maximum Gasteiger partial charge on any atom is 0.256 e. The maximum atomic E-state index is 11.8. The van der Waals surface area contributed by atoms with Crippen molar-refractivity contribution in [2.75, 3.05) is 20.1 Å². The highest BCUT2D eigenvalue weighted by Crippen LogP contribution is 2.07. The van der Waals surface area contributed by atoms with E-state index in [4.69, 9.17) is 0 Å². The number of aryl methyl sites for hydroxylation is 1. The normalized spacial score (nSPS) is 22.1. The Morgan fingerprint density at radius 3 is 2.76 bits per heavy atom. The van der Waals surface area contributed by atoms with Crippen LogP contribution in [-0.2, 0) is 17.1 Å². The molecule has 2 N–H and O–H groups in total. The van der Waals surface area contributed by atoms with Crippen molar-refractivity contribution < 1.29 is 8.42 Å². The summed E-state index contributed by atoms with van der Waals surface area (Å²) in [7, 11) is 0.183. The van der Waals surface area contributed by atoms with E-state index in [2.05, 4.69) is 20.3 Å². The second kappa shape index (κ2) is 4.73. The van der Waals surface area contributed by atoms with Crippen LogP contribution < -0.4 is 10.3 Å². The van der Waals surface area contributed by atoms with Crippen molar-refractivity contribution in [3.63, 3.8) is 0 Å². The second-order valence-corrected chi connectivity index (χ2v) is 6.03. The van der Waals surface area contributed by atoms with Gasteiger partial charge < -0.3 is 4.90 Å². The minimum Gasteiger partial charge on any atom is -0.305 e. The number of hydrogen-bond acceptors (Lipinski definition) is 5. The topological polar surface area (TPSA) is 79.3 Å². The van der Waals surface area contributed by atoms with Crippen molar-refractivity contribution in [3.05, 3.63) is 12.4 Å². The van der Waals surface area contributed by atoms with Gasteiger partial charge in [0.2, 0.25) is 0 Å². The summed E-state index contributed by atoms with van der Waals surface area (Å²) in [5.41, 5.74) is 2.84. The molecule has 0 aliphatic carbocycles. The first-order valence-electron chi connectivity index (χ1n) is 5.42. The summed E-state index contributed by atoms with van der Waals surface area (Å²) >= 11 is 0. The van der Waals surface area contributed by atoms with Gasteiger partial charge in [0.25, 0.3) is 10.0 Å². The number of likely N-dealkylation sites (N-methyl/N-ethyl adjacent to an activating group) is 1. The van der Waals surface area contributed by atoms with Gasteiger partial charge in [0.15, 0.2) is 0 Å². The van der Waals surface area contributed by atoms with Gasteiger partial charge >= 0.3 is 0 Å². The second-order valence-electron chi connectivity index (χ2n) is 4.35. The maximum absolute atomic E-state index is 11.8. The Balaban J connectivity index is 1.94. The standard InChI is InChI=1S/C9H17N5O2S/c1-13-4-3-8(6-13)11-12-17(15,16)9-5-10-14(2)7-9/h5,7-8,11-12H,3-4,6H2,1-2H3/t8-/m1/s1. The molecule has 1 fully saturated rings. The minimum atomic E-state index is -3.51. The largest absolute Gasteiger partial charge is 0.305 e. The molecule has 1 aliphatic heterocycles. The van der Waals surface area contributed by atoms with E-state index in [1.54, 1.807) is 7.05 Å². The number of nitrogens with one attached hydrogen (secondary N) is 2. The van der Waals surface area contributed by atoms with Crippen LogP contribution in [0.3, 0.4) is 0 Å². The Morgan fingerprint density at radius 1 is 1.47 bits per heavy atom. The molecule has 17 heavy (non-hydrogen) atoms. The first-order chi connectivity index (χ1) is 7.97. The van der Waals surface area contributed by atoms with Crippen molar-refractivity contribution in [1.29, 1.82) is 0 Å². The van der Waals surface area contributed by atoms with E-state index in [1.807, 2.05) is 7.05 Å². The number of aromatic nitrogens is 2. The van der Waals surface area contributed by atoms with Crippen molar-refractivity contribution >= 4 is 10.0 Å². The summed E-state index contributed by atoms with van der Waals surface area (Å²) in [6.45, 7) is 1.82. The van der Waals surface area contributed by atoms with Crippen LogP contribution in [0, 0.1) is 0 Å². The zero-order chi connectivity index (χ0) is 12.5. The van der Waals surface area contributed by atoms with Crippen molar-refractivity contribution in [3.8, 4) is 0 Å². The summed E-state index contributed by atoms with van der Waals surface area (Å²) in [5, 5.41) is 3.84. The summed E-state index contributed by atoms with van der Waals surface area (Å²) in [6.07, 6.45) is 3.72. The van der Waals surface area contributed by atoms with Gasteiger partial charge in [-0.15, -0.1) is 4.83 Å². The zero-order valence-electron chi connectivity index (χ0n) is 9.92. The van der Waals surface area contributed by atoms with E-state index in [0.717, 1.165) is 19.5 Å². The van der Waals surface area contributed by atoms with Gasteiger partial charge in [0, 0.05) is 25.8 Å². The molecule has 0 bridgehead atoms. The third-order valence-electron chi connectivity index (χ3n) is 2.78. The molecule has 1 aromatic heterocycles.